The van der Waals surface area contributed by atoms with E-state index in [1.165, 1.54) is 20.0 Å². The zero-order valence-corrected chi connectivity index (χ0v) is 8.49. The van der Waals surface area contributed by atoms with Crippen LogP contribution in [0.4, 0.5) is 16.3 Å². The first-order valence-electron chi connectivity index (χ1n) is 4.85. The Hall–Kier alpha value is -1.78. The Kier molecular flexibility index (Phi) is 2.71. The van der Waals surface area contributed by atoms with Gasteiger partial charge in [-0.1, -0.05) is 0 Å². The number of pyridine rings is 1. The Morgan fingerprint density at radius 1 is 1.53 bits per heavy atom. The molecule has 15 heavy (non-hydrogen) atoms. The first kappa shape index (κ1) is 9.76. The van der Waals surface area contributed by atoms with Gasteiger partial charge < -0.3 is 10.1 Å². The highest BCUT2D eigenvalue weighted by molar-refractivity contribution is 5.83. The summed E-state index contributed by atoms with van der Waals surface area (Å²) in [5.41, 5.74) is 0.980. The molecule has 5 heteroatoms. The van der Waals surface area contributed by atoms with Crippen LogP contribution in [-0.4, -0.2) is 24.2 Å². The summed E-state index contributed by atoms with van der Waals surface area (Å²) in [6.45, 7) is 0. The quantitative estimate of drug-likeness (QED) is 0.793. The highest BCUT2D eigenvalue weighted by Crippen LogP contribution is 2.24. The third kappa shape index (κ3) is 2.83. The third-order valence-corrected chi connectivity index (χ3v) is 2.13. The van der Waals surface area contributed by atoms with Crippen LogP contribution >= 0.6 is 0 Å². The van der Waals surface area contributed by atoms with Gasteiger partial charge in [0.25, 0.3) is 0 Å². The van der Waals surface area contributed by atoms with Crippen molar-refractivity contribution in [2.75, 3.05) is 17.7 Å². The van der Waals surface area contributed by atoms with Crippen LogP contribution in [0.2, 0.25) is 0 Å². The van der Waals surface area contributed by atoms with Crippen LogP contribution in [0, 0.1) is 0 Å². The number of nitrogens with one attached hydrogen (secondary N) is 2. The average Bonchev–Trinajstić information content (AvgIpc) is 3.05. The predicted molar refractivity (Wildman–Crippen MR) is 56.9 cm³/mol. The number of methoxy groups -OCH3 is 1. The zero-order chi connectivity index (χ0) is 10.7. The van der Waals surface area contributed by atoms with Crippen LogP contribution in [0.25, 0.3) is 0 Å². The molecule has 0 unspecified atom stereocenters. The molecule has 0 spiro atoms. The van der Waals surface area contributed by atoms with Crippen molar-refractivity contribution in [1.29, 1.82) is 0 Å². The van der Waals surface area contributed by atoms with Gasteiger partial charge in [-0.2, -0.15) is 0 Å². The maximum absolute atomic E-state index is 10.9. The van der Waals surface area contributed by atoms with Crippen molar-refractivity contribution in [3.05, 3.63) is 18.3 Å². The lowest BCUT2D eigenvalue weighted by atomic mass is 10.4. The van der Waals surface area contributed by atoms with Crippen LogP contribution < -0.4 is 10.6 Å². The topological polar surface area (TPSA) is 63.2 Å². The maximum atomic E-state index is 10.9. The van der Waals surface area contributed by atoms with Gasteiger partial charge in [-0.15, -0.1) is 0 Å². The molecule has 1 fully saturated rings. The minimum absolute atomic E-state index is 0.489. The molecule has 2 rings (SSSR count). The molecular weight excluding hydrogens is 194 g/mol. The van der Waals surface area contributed by atoms with Crippen LogP contribution in [0.3, 0.4) is 0 Å². The molecule has 0 aliphatic heterocycles. The summed E-state index contributed by atoms with van der Waals surface area (Å²) in [4.78, 5) is 14.9. The molecule has 5 nitrogen and oxygen atoms in total. The van der Waals surface area contributed by atoms with E-state index < -0.39 is 6.09 Å². The highest BCUT2D eigenvalue weighted by atomic mass is 16.5. The van der Waals surface area contributed by atoms with Crippen LogP contribution in [0.15, 0.2) is 18.3 Å². The second-order valence-corrected chi connectivity index (χ2v) is 3.47. The number of rotatable bonds is 3. The second kappa shape index (κ2) is 4.16. The summed E-state index contributed by atoms with van der Waals surface area (Å²) in [5, 5.41) is 5.79. The zero-order valence-electron chi connectivity index (χ0n) is 8.49. The molecule has 1 saturated carbocycles. The number of nitrogens with zero attached hydrogens (tertiary/aromatic N) is 1. The normalized spacial score (nSPS) is 14.5. The smallest absolute Gasteiger partial charge is 0.412 e. The molecule has 0 saturated heterocycles. The summed E-state index contributed by atoms with van der Waals surface area (Å²) in [7, 11) is 1.32. The van der Waals surface area contributed by atoms with Crippen LogP contribution in [0.5, 0.6) is 0 Å². The van der Waals surface area contributed by atoms with E-state index in [2.05, 4.69) is 20.4 Å². The number of amides is 1. The molecule has 0 radical (unpaired) electrons. The van der Waals surface area contributed by atoms with Gasteiger partial charge in [-0.25, -0.2) is 9.78 Å². The second-order valence-electron chi connectivity index (χ2n) is 3.47. The Morgan fingerprint density at radius 2 is 2.33 bits per heavy atom. The number of hydrogen-bond donors (Lipinski definition) is 2. The van der Waals surface area contributed by atoms with Crippen molar-refractivity contribution in [3.8, 4) is 0 Å². The summed E-state index contributed by atoms with van der Waals surface area (Å²) in [6.07, 6.45) is 3.64. The number of aromatic nitrogens is 1. The van der Waals surface area contributed by atoms with Crippen LogP contribution in [0.1, 0.15) is 12.8 Å². The number of anilines is 2. The summed E-state index contributed by atoms with van der Waals surface area (Å²) < 4.78 is 4.45. The molecule has 80 valence electrons. The molecule has 2 N–H and O–H groups in total. The molecule has 1 amide bonds. The summed E-state index contributed by atoms with van der Waals surface area (Å²) >= 11 is 0. The minimum Gasteiger partial charge on any atom is -0.453 e. The molecule has 0 atom stereocenters. The van der Waals surface area contributed by atoms with E-state index in [1.54, 1.807) is 12.3 Å². The fourth-order valence-electron chi connectivity index (χ4n) is 1.17. The van der Waals surface area contributed by atoms with Gasteiger partial charge in [0, 0.05) is 6.04 Å². The standard InChI is InChI=1S/C10H13N3O2/c1-15-10(14)13-9-5-4-8(6-11-9)12-7-2-3-7/h4-7,12H,2-3H2,1H3,(H,11,13,14). The van der Waals surface area contributed by atoms with E-state index in [9.17, 15) is 4.79 Å². The van der Waals surface area contributed by atoms with Crippen molar-refractivity contribution in [1.82, 2.24) is 4.98 Å². The lowest BCUT2D eigenvalue weighted by Gasteiger charge is -2.05. The molecule has 0 aromatic carbocycles. The first-order valence-corrected chi connectivity index (χ1v) is 4.85. The number of carbonyl (C=O) groups excluding carboxylic acids is 1. The van der Waals surface area contributed by atoms with Gasteiger partial charge in [-0.3, -0.25) is 5.32 Å². The van der Waals surface area contributed by atoms with Crippen molar-refractivity contribution in [2.24, 2.45) is 0 Å². The molecule has 1 aliphatic rings. The Morgan fingerprint density at radius 3 is 2.87 bits per heavy atom. The van der Waals surface area contributed by atoms with Gasteiger partial charge in [0.2, 0.25) is 0 Å². The highest BCUT2D eigenvalue weighted by Gasteiger charge is 2.20. The largest absolute Gasteiger partial charge is 0.453 e. The monoisotopic (exact) mass is 207 g/mol. The average molecular weight is 207 g/mol. The lowest BCUT2D eigenvalue weighted by molar-refractivity contribution is 0.187. The predicted octanol–water partition coefficient (Wildman–Crippen LogP) is 1.83. The Balaban J connectivity index is 1.93. The van der Waals surface area contributed by atoms with Crippen LogP contribution in [-0.2, 0) is 4.74 Å². The Bertz CT molecular complexity index is 346. The van der Waals surface area contributed by atoms with Crippen molar-refractivity contribution < 1.29 is 9.53 Å². The molecule has 0 bridgehead atoms. The fourth-order valence-corrected chi connectivity index (χ4v) is 1.17. The number of ether oxygens (including phenoxy) is 1. The van der Waals surface area contributed by atoms with Gasteiger partial charge in [0.15, 0.2) is 0 Å². The molecular formula is C10H13N3O2. The number of carbonyl (C=O) groups is 1. The molecule has 1 aromatic heterocycles. The Labute approximate surface area is 87.8 Å². The van der Waals surface area contributed by atoms with Crippen molar-refractivity contribution >= 4 is 17.6 Å². The maximum Gasteiger partial charge on any atom is 0.412 e. The van der Waals surface area contributed by atoms with E-state index in [0.717, 1.165) is 5.69 Å². The number of hydrogen-bond acceptors (Lipinski definition) is 4. The van der Waals surface area contributed by atoms with E-state index in [0.29, 0.717) is 11.9 Å². The molecule has 1 heterocycles. The van der Waals surface area contributed by atoms with E-state index in [-0.39, 0.29) is 0 Å². The van der Waals surface area contributed by atoms with Gasteiger partial charge in [0.1, 0.15) is 5.82 Å². The summed E-state index contributed by atoms with van der Waals surface area (Å²) in [5.74, 6) is 0.489. The summed E-state index contributed by atoms with van der Waals surface area (Å²) in [6, 6.07) is 4.23. The minimum atomic E-state index is -0.509. The van der Waals surface area contributed by atoms with Crippen molar-refractivity contribution in [2.45, 2.75) is 18.9 Å². The van der Waals surface area contributed by atoms with Gasteiger partial charge in [0.05, 0.1) is 19.0 Å². The van der Waals surface area contributed by atoms with Gasteiger partial charge in [-0.05, 0) is 25.0 Å². The van der Waals surface area contributed by atoms with Crippen molar-refractivity contribution in [3.63, 3.8) is 0 Å². The molecule has 1 aromatic rings. The fraction of sp³-hybridized carbons (Fsp3) is 0.400. The molecule has 1 aliphatic carbocycles. The lowest BCUT2D eigenvalue weighted by Crippen LogP contribution is -2.12. The van der Waals surface area contributed by atoms with E-state index >= 15 is 0 Å². The SMILES string of the molecule is COC(=O)Nc1ccc(NC2CC2)cn1. The van der Waals surface area contributed by atoms with Gasteiger partial charge >= 0.3 is 6.09 Å². The van der Waals surface area contributed by atoms with E-state index in [4.69, 9.17) is 0 Å². The van der Waals surface area contributed by atoms with E-state index in [1.807, 2.05) is 6.07 Å². The first-order chi connectivity index (χ1) is 7.28. The third-order valence-electron chi connectivity index (χ3n) is 2.13.